The molecule has 1 aromatic carbocycles. The van der Waals surface area contributed by atoms with Crippen LogP contribution in [-0.4, -0.2) is 20.1 Å². The van der Waals surface area contributed by atoms with E-state index < -0.39 is 15.9 Å². The van der Waals surface area contributed by atoms with Gasteiger partial charge in [-0.3, -0.25) is 0 Å². The normalized spacial score (nSPS) is 10.4. The molecule has 72 valence electrons. The molecule has 0 N–H and O–H groups in total. The molecule has 0 atom stereocenters. The molecule has 0 spiro atoms. The van der Waals surface area contributed by atoms with Crippen molar-refractivity contribution in [2.45, 2.75) is 5.75 Å². The van der Waals surface area contributed by atoms with Crippen LogP contribution in [0, 0.1) is 0 Å². The van der Waals surface area contributed by atoms with Gasteiger partial charge in [0.1, 0.15) is 5.75 Å². The Kier molecular flexibility index (Phi) is 5.70. The monoisotopic (exact) mass is 224 g/mol. The van der Waals surface area contributed by atoms with Crippen LogP contribution >= 0.6 is 0 Å². The van der Waals surface area contributed by atoms with Gasteiger partial charge in [-0.2, -0.15) is 0 Å². The summed E-state index contributed by atoms with van der Waals surface area (Å²) in [6, 6.07) is 6.41. The summed E-state index contributed by atoms with van der Waals surface area (Å²) in [5.74, 6) is 0.0469. The molecule has 14 heavy (non-hydrogen) atoms. The Bertz CT molecular complexity index is 388. The van der Waals surface area contributed by atoms with Crippen molar-refractivity contribution in [1.29, 1.82) is 0 Å². The molecule has 0 aliphatic heterocycles. The van der Waals surface area contributed by atoms with Crippen molar-refractivity contribution >= 4 is 10.1 Å². The second-order valence-corrected chi connectivity index (χ2v) is 3.96. The largest absolute Gasteiger partial charge is 1.00 e. The number of ether oxygens (including phenoxy) is 1. The van der Waals surface area contributed by atoms with Crippen LogP contribution in [0.25, 0.3) is 0 Å². The van der Waals surface area contributed by atoms with Crippen LogP contribution in [0.2, 0.25) is 0 Å². The number of hydrogen-bond donors (Lipinski definition) is 0. The van der Waals surface area contributed by atoms with Gasteiger partial charge in [-0.15, -0.1) is 0 Å². The van der Waals surface area contributed by atoms with Gasteiger partial charge >= 0.3 is 29.6 Å². The van der Waals surface area contributed by atoms with E-state index in [1.807, 2.05) is 0 Å². The van der Waals surface area contributed by atoms with Crippen LogP contribution in [0.5, 0.6) is 5.75 Å². The fraction of sp³-hybridized carbons (Fsp3) is 0.250. The van der Waals surface area contributed by atoms with Gasteiger partial charge in [0.15, 0.2) is 0 Å². The first-order valence-corrected chi connectivity index (χ1v) is 5.15. The zero-order valence-corrected chi connectivity index (χ0v) is 10.9. The summed E-state index contributed by atoms with van der Waals surface area (Å²) in [6.07, 6.45) is 0. The molecule has 0 unspecified atom stereocenters. The van der Waals surface area contributed by atoms with Gasteiger partial charge in [-0.25, -0.2) is 8.42 Å². The minimum atomic E-state index is -4.21. The molecule has 0 aromatic heterocycles. The van der Waals surface area contributed by atoms with Gasteiger partial charge in [0, 0.05) is 0 Å². The quantitative estimate of drug-likeness (QED) is 0.429. The Morgan fingerprint density at radius 2 is 2.07 bits per heavy atom. The average molecular weight is 224 g/mol. The summed E-state index contributed by atoms with van der Waals surface area (Å²) >= 11 is 0. The Morgan fingerprint density at radius 1 is 1.43 bits per heavy atom. The maximum Gasteiger partial charge on any atom is 1.00 e. The smallest absolute Gasteiger partial charge is 0.748 e. The standard InChI is InChI=1S/C8H10O4S.Na/c1-12-8-4-2-3-7(5-8)6-13(9,10)11;/h2-5H,6H2,1H3,(H,9,10,11);/q;+1/p-1. The number of benzene rings is 1. The third kappa shape index (κ3) is 4.97. The van der Waals surface area contributed by atoms with Crippen LogP contribution in [-0.2, 0) is 15.9 Å². The van der Waals surface area contributed by atoms with E-state index in [4.69, 9.17) is 4.74 Å². The summed E-state index contributed by atoms with van der Waals surface area (Å²) in [4.78, 5) is 0. The second kappa shape index (κ2) is 5.72. The van der Waals surface area contributed by atoms with Crippen LogP contribution in [0.3, 0.4) is 0 Å². The number of rotatable bonds is 3. The molecule has 0 aliphatic carbocycles. The molecule has 0 bridgehead atoms. The molecule has 0 fully saturated rings. The van der Waals surface area contributed by atoms with Gasteiger partial charge in [0.25, 0.3) is 0 Å². The van der Waals surface area contributed by atoms with E-state index in [0.29, 0.717) is 11.3 Å². The molecule has 1 rings (SSSR count). The minimum Gasteiger partial charge on any atom is -0.748 e. The van der Waals surface area contributed by atoms with E-state index in [0.717, 1.165) is 0 Å². The number of hydrogen-bond acceptors (Lipinski definition) is 4. The third-order valence-electron chi connectivity index (χ3n) is 1.48. The molecule has 0 saturated heterocycles. The minimum absolute atomic E-state index is 0. The van der Waals surface area contributed by atoms with E-state index in [1.54, 1.807) is 18.2 Å². The van der Waals surface area contributed by atoms with E-state index >= 15 is 0 Å². The Labute approximate surface area is 105 Å². The third-order valence-corrected chi connectivity index (χ3v) is 2.16. The molecule has 4 nitrogen and oxygen atoms in total. The van der Waals surface area contributed by atoms with E-state index in [-0.39, 0.29) is 29.6 Å². The van der Waals surface area contributed by atoms with Crippen LogP contribution in [0.1, 0.15) is 5.56 Å². The van der Waals surface area contributed by atoms with Crippen molar-refractivity contribution in [2.24, 2.45) is 0 Å². The van der Waals surface area contributed by atoms with Crippen molar-refractivity contribution in [1.82, 2.24) is 0 Å². The summed E-state index contributed by atoms with van der Waals surface area (Å²) < 4.78 is 36.1. The van der Waals surface area contributed by atoms with Crippen molar-refractivity contribution in [2.75, 3.05) is 7.11 Å². The Morgan fingerprint density at radius 3 is 2.57 bits per heavy atom. The number of methoxy groups -OCH3 is 1. The zero-order chi connectivity index (χ0) is 9.90. The molecule has 0 amide bonds. The van der Waals surface area contributed by atoms with Crippen molar-refractivity contribution in [3.05, 3.63) is 29.8 Å². The van der Waals surface area contributed by atoms with Crippen molar-refractivity contribution in [3.63, 3.8) is 0 Å². The molecule has 0 saturated carbocycles. The Balaban J connectivity index is 0.00000169. The van der Waals surface area contributed by atoms with Crippen LogP contribution in [0.15, 0.2) is 24.3 Å². The van der Waals surface area contributed by atoms with Gasteiger partial charge in [-0.05, 0) is 17.7 Å². The van der Waals surface area contributed by atoms with Gasteiger partial charge < -0.3 is 9.29 Å². The predicted octanol–water partition coefficient (Wildman–Crippen LogP) is -2.26. The molecular weight excluding hydrogens is 215 g/mol. The van der Waals surface area contributed by atoms with Gasteiger partial charge in [0.05, 0.1) is 23.0 Å². The fourth-order valence-electron chi connectivity index (χ4n) is 0.966. The first kappa shape index (κ1) is 13.9. The summed E-state index contributed by atoms with van der Waals surface area (Å²) in [6.45, 7) is 0. The van der Waals surface area contributed by atoms with Crippen molar-refractivity contribution in [3.8, 4) is 5.75 Å². The molecule has 0 aliphatic rings. The zero-order valence-electron chi connectivity index (χ0n) is 8.06. The summed E-state index contributed by atoms with van der Waals surface area (Å²) in [5.41, 5.74) is 0.439. The first-order chi connectivity index (χ1) is 6.01. The topological polar surface area (TPSA) is 66.4 Å². The summed E-state index contributed by atoms with van der Waals surface area (Å²) in [7, 11) is -2.73. The maximum atomic E-state index is 10.4. The molecule has 1 aromatic rings. The Hall–Kier alpha value is -0.0700. The predicted molar refractivity (Wildman–Crippen MR) is 46.4 cm³/mol. The average Bonchev–Trinajstić information content (AvgIpc) is 2.01. The molecule has 6 heteroatoms. The van der Waals surface area contributed by atoms with Gasteiger partial charge in [0.2, 0.25) is 0 Å². The second-order valence-electron chi connectivity index (χ2n) is 2.55. The first-order valence-electron chi connectivity index (χ1n) is 3.58. The van der Waals surface area contributed by atoms with Crippen molar-refractivity contribution < 1.29 is 47.3 Å². The van der Waals surface area contributed by atoms with E-state index in [2.05, 4.69) is 0 Å². The fourth-order valence-corrected chi connectivity index (χ4v) is 1.55. The SMILES string of the molecule is COc1cccc(CS(=O)(=O)[O-])c1.[Na+]. The van der Waals surface area contributed by atoms with Gasteiger partial charge in [-0.1, -0.05) is 12.1 Å². The van der Waals surface area contributed by atoms with E-state index in [9.17, 15) is 13.0 Å². The van der Waals surface area contributed by atoms with Crippen LogP contribution < -0.4 is 34.3 Å². The van der Waals surface area contributed by atoms with E-state index in [1.165, 1.54) is 13.2 Å². The molecule has 0 radical (unpaired) electrons. The maximum absolute atomic E-state index is 10.4. The molecule has 0 heterocycles. The summed E-state index contributed by atoms with van der Waals surface area (Å²) in [5, 5.41) is 0. The molecular formula is C8H9NaO4S. The van der Waals surface area contributed by atoms with Crippen LogP contribution in [0.4, 0.5) is 0 Å².